The Kier molecular flexibility index (Phi) is 4.99. The fourth-order valence-electron chi connectivity index (χ4n) is 1.78. The number of rotatable bonds is 6. The van der Waals surface area contributed by atoms with E-state index >= 15 is 0 Å². The number of aliphatic hydroxyl groups excluding tert-OH is 3. The van der Waals surface area contributed by atoms with Crippen molar-refractivity contribution >= 4 is 12.1 Å². The molecule has 18 heavy (non-hydrogen) atoms. The van der Waals surface area contributed by atoms with E-state index in [0.717, 1.165) is 4.90 Å². The van der Waals surface area contributed by atoms with E-state index in [-0.39, 0.29) is 26.2 Å². The number of imide groups is 1. The Balaban J connectivity index is 2.96. The van der Waals surface area contributed by atoms with Crippen molar-refractivity contribution < 1.29 is 29.6 Å². The molecule has 1 aliphatic heterocycles. The van der Waals surface area contributed by atoms with Gasteiger partial charge in [0.25, 0.3) is 0 Å². The zero-order valence-electron chi connectivity index (χ0n) is 9.86. The summed E-state index contributed by atoms with van der Waals surface area (Å²) in [5, 5.41) is 38.6. The SMILES string of the molecule is O=C1N(CCO)C[N+]([O-])(CCO)C(=O)N1CCO. The molecule has 0 aromatic rings. The lowest BCUT2D eigenvalue weighted by atomic mass is 10.4. The Labute approximate surface area is 104 Å². The highest BCUT2D eigenvalue weighted by molar-refractivity contribution is 5.92. The molecule has 1 unspecified atom stereocenters. The summed E-state index contributed by atoms with van der Waals surface area (Å²) >= 11 is 0. The minimum absolute atomic E-state index is 0.0816. The summed E-state index contributed by atoms with van der Waals surface area (Å²) in [6.45, 7) is -2.48. The summed E-state index contributed by atoms with van der Waals surface area (Å²) in [5.41, 5.74) is 0. The minimum atomic E-state index is -1.40. The van der Waals surface area contributed by atoms with Gasteiger partial charge in [-0.3, -0.25) is 9.55 Å². The second-order valence-corrected chi connectivity index (χ2v) is 3.91. The molecule has 104 valence electrons. The summed E-state index contributed by atoms with van der Waals surface area (Å²) in [5.74, 6) is 0. The fraction of sp³-hybridized carbons (Fsp3) is 0.778. The first-order chi connectivity index (χ1) is 8.50. The summed E-state index contributed by atoms with van der Waals surface area (Å²) in [6.07, 6.45) is 0. The van der Waals surface area contributed by atoms with Gasteiger partial charge in [-0.15, -0.1) is 0 Å². The second-order valence-electron chi connectivity index (χ2n) is 3.91. The van der Waals surface area contributed by atoms with E-state index in [1.807, 2.05) is 0 Å². The molecule has 0 saturated carbocycles. The van der Waals surface area contributed by atoms with Crippen LogP contribution in [0.25, 0.3) is 0 Å². The Morgan fingerprint density at radius 1 is 1.11 bits per heavy atom. The first kappa shape index (κ1) is 14.8. The van der Waals surface area contributed by atoms with Gasteiger partial charge in [-0.2, -0.15) is 0 Å². The van der Waals surface area contributed by atoms with Gasteiger partial charge in [-0.1, -0.05) is 0 Å². The lowest BCUT2D eigenvalue weighted by Crippen LogP contribution is -2.69. The maximum atomic E-state index is 12.2. The Hall–Kier alpha value is -1.26. The standard InChI is InChI=1S/C9H17N3O6/c13-4-1-10-7-12(18,3-6-15)9(17)11(2-5-14)8(10)16/h13-15H,1-7H2. The van der Waals surface area contributed by atoms with Crippen LogP contribution in [0.3, 0.4) is 0 Å². The third kappa shape index (κ3) is 2.76. The van der Waals surface area contributed by atoms with Gasteiger partial charge in [-0.05, 0) is 0 Å². The van der Waals surface area contributed by atoms with Crippen molar-refractivity contribution in [2.75, 3.05) is 46.1 Å². The highest BCUT2D eigenvalue weighted by Crippen LogP contribution is 2.19. The Bertz CT molecular complexity index is 325. The van der Waals surface area contributed by atoms with E-state index < -0.39 is 36.6 Å². The molecule has 0 spiro atoms. The molecule has 9 nitrogen and oxygen atoms in total. The number of amides is 4. The van der Waals surface area contributed by atoms with Crippen molar-refractivity contribution in [2.24, 2.45) is 0 Å². The molecule has 1 fully saturated rings. The molecule has 1 rings (SSSR count). The fourth-order valence-corrected chi connectivity index (χ4v) is 1.78. The normalized spacial score (nSPS) is 24.9. The Morgan fingerprint density at radius 3 is 2.22 bits per heavy atom. The highest BCUT2D eigenvalue weighted by Gasteiger charge is 2.44. The van der Waals surface area contributed by atoms with Crippen LogP contribution in [0.1, 0.15) is 0 Å². The molecular formula is C9H17N3O6. The average Bonchev–Trinajstić information content (AvgIpc) is 2.32. The second kappa shape index (κ2) is 6.07. The molecule has 1 aliphatic rings. The lowest BCUT2D eigenvalue weighted by molar-refractivity contribution is -0.817. The quantitative estimate of drug-likeness (QED) is 0.379. The van der Waals surface area contributed by atoms with E-state index in [2.05, 4.69) is 0 Å². The summed E-state index contributed by atoms with van der Waals surface area (Å²) < 4.78 is -1.40. The number of carbonyl (C=O) groups is 2. The maximum Gasteiger partial charge on any atom is 0.428 e. The summed E-state index contributed by atoms with van der Waals surface area (Å²) in [6, 6.07) is -1.72. The van der Waals surface area contributed by atoms with E-state index in [1.54, 1.807) is 0 Å². The van der Waals surface area contributed by atoms with Gasteiger partial charge >= 0.3 is 12.1 Å². The molecule has 1 atom stereocenters. The molecule has 3 N–H and O–H groups in total. The molecule has 0 bridgehead atoms. The summed E-state index contributed by atoms with van der Waals surface area (Å²) in [7, 11) is 0. The van der Waals surface area contributed by atoms with Gasteiger partial charge in [0.15, 0.2) is 6.67 Å². The first-order valence-electron chi connectivity index (χ1n) is 5.52. The number of quaternary nitrogens is 1. The zero-order valence-corrected chi connectivity index (χ0v) is 9.86. The molecule has 0 radical (unpaired) electrons. The van der Waals surface area contributed by atoms with Crippen LogP contribution >= 0.6 is 0 Å². The third-order valence-electron chi connectivity index (χ3n) is 2.63. The van der Waals surface area contributed by atoms with Crippen LogP contribution < -0.4 is 0 Å². The number of β-amino-alcohol motifs (C(OH)–C–C–N with tert-alkyl or cyclic N) is 2. The minimum Gasteiger partial charge on any atom is -0.622 e. The van der Waals surface area contributed by atoms with Crippen molar-refractivity contribution in [3.05, 3.63) is 5.21 Å². The molecule has 4 amide bonds. The zero-order chi connectivity index (χ0) is 13.8. The van der Waals surface area contributed by atoms with Crippen molar-refractivity contribution in [2.45, 2.75) is 0 Å². The molecular weight excluding hydrogens is 246 g/mol. The van der Waals surface area contributed by atoms with Crippen LogP contribution in [0.4, 0.5) is 9.59 Å². The topological polar surface area (TPSA) is 124 Å². The molecule has 9 heteroatoms. The molecule has 1 saturated heterocycles. The first-order valence-corrected chi connectivity index (χ1v) is 5.52. The highest BCUT2D eigenvalue weighted by atomic mass is 16.6. The van der Waals surface area contributed by atoms with E-state index in [1.165, 1.54) is 0 Å². The predicted octanol–water partition coefficient (Wildman–Crippen LogP) is -1.91. The van der Waals surface area contributed by atoms with Crippen molar-refractivity contribution in [3.63, 3.8) is 0 Å². The molecule has 0 aromatic carbocycles. The van der Waals surface area contributed by atoms with Crippen LogP contribution in [0.15, 0.2) is 0 Å². The number of nitrogens with zero attached hydrogens (tertiary/aromatic N) is 3. The van der Waals surface area contributed by atoms with E-state index in [0.29, 0.717) is 4.90 Å². The largest absolute Gasteiger partial charge is 0.622 e. The average molecular weight is 263 g/mol. The van der Waals surface area contributed by atoms with Crippen LogP contribution in [0.2, 0.25) is 0 Å². The smallest absolute Gasteiger partial charge is 0.428 e. The number of hydrogen-bond donors (Lipinski definition) is 3. The van der Waals surface area contributed by atoms with Crippen LogP contribution in [0.5, 0.6) is 0 Å². The van der Waals surface area contributed by atoms with Gasteiger partial charge in [-0.25, -0.2) is 14.5 Å². The van der Waals surface area contributed by atoms with Crippen molar-refractivity contribution in [1.29, 1.82) is 0 Å². The summed E-state index contributed by atoms with van der Waals surface area (Å²) in [4.78, 5) is 25.3. The van der Waals surface area contributed by atoms with Gasteiger partial charge in [0, 0.05) is 0 Å². The van der Waals surface area contributed by atoms with Crippen LogP contribution in [-0.2, 0) is 0 Å². The number of carbonyl (C=O) groups excluding carboxylic acids is 2. The van der Waals surface area contributed by atoms with E-state index in [4.69, 9.17) is 15.3 Å². The monoisotopic (exact) mass is 263 g/mol. The van der Waals surface area contributed by atoms with Gasteiger partial charge in [0.1, 0.15) is 6.54 Å². The number of aliphatic hydroxyl groups is 3. The number of hydroxylamine groups is 3. The molecule has 0 aliphatic carbocycles. The third-order valence-corrected chi connectivity index (χ3v) is 2.63. The van der Waals surface area contributed by atoms with Crippen LogP contribution in [-0.4, -0.2) is 88.0 Å². The molecule has 1 heterocycles. The van der Waals surface area contributed by atoms with Gasteiger partial charge in [0.2, 0.25) is 0 Å². The van der Waals surface area contributed by atoms with Crippen LogP contribution in [0, 0.1) is 5.21 Å². The van der Waals surface area contributed by atoms with Gasteiger partial charge in [0.05, 0.1) is 32.9 Å². The van der Waals surface area contributed by atoms with Gasteiger partial charge < -0.3 is 20.5 Å². The molecule has 0 aromatic heterocycles. The Morgan fingerprint density at radius 2 is 1.72 bits per heavy atom. The maximum absolute atomic E-state index is 12.2. The number of hydrogen-bond acceptors (Lipinski definition) is 6. The number of urea groups is 2. The van der Waals surface area contributed by atoms with Crippen molar-refractivity contribution in [1.82, 2.24) is 9.80 Å². The van der Waals surface area contributed by atoms with Crippen molar-refractivity contribution in [3.8, 4) is 0 Å². The van der Waals surface area contributed by atoms with E-state index in [9.17, 15) is 14.8 Å². The lowest BCUT2D eigenvalue weighted by Gasteiger charge is -2.48. The predicted molar refractivity (Wildman–Crippen MR) is 58.8 cm³/mol.